The van der Waals surface area contributed by atoms with Gasteiger partial charge in [-0.15, -0.1) is 0 Å². The van der Waals surface area contributed by atoms with Crippen LogP contribution in [-0.4, -0.2) is 59.2 Å². The smallest absolute Gasteiger partial charge is 0.410 e. The van der Waals surface area contributed by atoms with Crippen molar-refractivity contribution < 1.29 is 18.8 Å². The maximum Gasteiger partial charge on any atom is 0.410 e. The lowest BCUT2D eigenvalue weighted by Crippen LogP contribution is -2.52. The molecule has 0 bridgehead atoms. The van der Waals surface area contributed by atoms with Gasteiger partial charge in [0.1, 0.15) is 11.2 Å². The first kappa shape index (κ1) is 15.7. The third-order valence-corrected chi connectivity index (χ3v) is 4.80. The summed E-state index contributed by atoms with van der Waals surface area (Å²) >= 11 is 0. The number of piperidine rings is 1. The zero-order chi connectivity index (χ0) is 17.4. The van der Waals surface area contributed by atoms with Crippen LogP contribution in [0.5, 0.6) is 0 Å². The van der Waals surface area contributed by atoms with Gasteiger partial charge in [0, 0.05) is 19.2 Å². The van der Waals surface area contributed by atoms with Crippen molar-refractivity contribution in [2.24, 2.45) is 0 Å². The number of likely N-dealkylation sites (tertiary alicyclic amines) is 1. The summed E-state index contributed by atoms with van der Waals surface area (Å²) in [4.78, 5) is 28.1. The normalized spacial score (nSPS) is 23.2. The molecular weight excluding hydrogens is 322 g/mol. The van der Waals surface area contributed by atoms with Gasteiger partial charge in [-0.25, -0.2) is 4.79 Å². The highest BCUT2D eigenvalue weighted by atomic mass is 16.6. The van der Waals surface area contributed by atoms with E-state index in [-0.39, 0.29) is 12.0 Å². The van der Waals surface area contributed by atoms with Crippen LogP contribution in [0.2, 0.25) is 0 Å². The molecule has 25 heavy (non-hydrogen) atoms. The Kier molecular flexibility index (Phi) is 3.71. The molecule has 2 aromatic rings. The Balaban J connectivity index is 1.58. The van der Waals surface area contributed by atoms with Gasteiger partial charge in [-0.05, 0) is 12.8 Å². The lowest BCUT2D eigenvalue weighted by molar-refractivity contribution is -0.00520. The van der Waals surface area contributed by atoms with Crippen LogP contribution >= 0.6 is 0 Å². The molecule has 7 nitrogen and oxygen atoms in total. The van der Waals surface area contributed by atoms with Crippen molar-refractivity contribution >= 4 is 12.0 Å². The summed E-state index contributed by atoms with van der Waals surface area (Å²) in [5.74, 6) is 0.315. The fourth-order valence-corrected chi connectivity index (χ4v) is 3.64. The molecule has 2 aliphatic heterocycles. The van der Waals surface area contributed by atoms with E-state index >= 15 is 0 Å². The summed E-state index contributed by atoms with van der Waals surface area (Å²) in [7, 11) is 1.71. The van der Waals surface area contributed by atoms with E-state index < -0.39 is 5.60 Å². The number of aromatic nitrogens is 1. The summed E-state index contributed by atoms with van der Waals surface area (Å²) in [6, 6.07) is 9.43. The monoisotopic (exact) mass is 341 g/mol. The Morgan fingerprint density at radius 3 is 2.76 bits per heavy atom. The lowest BCUT2D eigenvalue weighted by atomic mass is 9.92. The van der Waals surface area contributed by atoms with Crippen LogP contribution in [0.3, 0.4) is 0 Å². The van der Waals surface area contributed by atoms with Crippen LogP contribution in [0, 0.1) is 0 Å². The Hall–Kier alpha value is -2.83. The van der Waals surface area contributed by atoms with Gasteiger partial charge in [-0.2, -0.15) is 0 Å². The second kappa shape index (κ2) is 5.91. The minimum absolute atomic E-state index is 0.148. The van der Waals surface area contributed by atoms with Crippen LogP contribution in [-0.2, 0) is 4.74 Å². The Morgan fingerprint density at radius 1 is 1.24 bits per heavy atom. The molecule has 1 atom stereocenters. The summed E-state index contributed by atoms with van der Waals surface area (Å²) < 4.78 is 10.9. The molecule has 0 aliphatic carbocycles. The third kappa shape index (κ3) is 2.75. The number of likely N-dealkylation sites (N-methyl/N-ethyl adjacent to an activating group) is 1. The van der Waals surface area contributed by atoms with Gasteiger partial charge < -0.3 is 19.1 Å². The molecule has 2 aliphatic rings. The molecule has 1 aromatic carbocycles. The minimum atomic E-state index is -0.607. The molecule has 1 spiro atoms. The average molecular weight is 341 g/mol. The van der Waals surface area contributed by atoms with Crippen molar-refractivity contribution in [3.63, 3.8) is 0 Å². The van der Waals surface area contributed by atoms with E-state index in [1.54, 1.807) is 16.8 Å². The number of carbonyl (C=O) groups excluding carboxylic acids is 2. The molecule has 2 fully saturated rings. The van der Waals surface area contributed by atoms with Gasteiger partial charge in [0.15, 0.2) is 5.76 Å². The van der Waals surface area contributed by atoms with Crippen LogP contribution in [0.15, 0.2) is 41.1 Å². The summed E-state index contributed by atoms with van der Waals surface area (Å²) in [6.45, 7) is 1.52. The molecule has 0 N–H and O–H groups in total. The molecule has 7 heteroatoms. The fraction of sp³-hybridized carbons (Fsp3) is 0.389. The van der Waals surface area contributed by atoms with Crippen molar-refractivity contribution in [1.29, 1.82) is 0 Å². The topological polar surface area (TPSA) is 75.9 Å². The summed E-state index contributed by atoms with van der Waals surface area (Å²) in [6.07, 6.45) is 2.68. The van der Waals surface area contributed by atoms with E-state index in [0.717, 1.165) is 18.4 Å². The second-order valence-electron chi connectivity index (χ2n) is 6.67. The molecule has 1 aromatic heterocycles. The van der Waals surface area contributed by atoms with Gasteiger partial charge in [-0.3, -0.25) is 4.79 Å². The average Bonchev–Trinajstić information content (AvgIpc) is 3.20. The third-order valence-electron chi connectivity index (χ3n) is 4.80. The van der Waals surface area contributed by atoms with E-state index in [4.69, 9.17) is 9.26 Å². The Morgan fingerprint density at radius 2 is 2.04 bits per heavy atom. The highest BCUT2D eigenvalue weighted by molar-refractivity contribution is 5.99. The zero-order valence-electron chi connectivity index (χ0n) is 14.0. The van der Waals surface area contributed by atoms with Gasteiger partial charge in [0.2, 0.25) is 0 Å². The number of hydrogen-bond donors (Lipinski definition) is 0. The molecule has 4 rings (SSSR count). The van der Waals surface area contributed by atoms with E-state index in [0.29, 0.717) is 31.0 Å². The molecule has 2 amide bonds. The molecule has 0 saturated carbocycles. The predicted molar refractivity (Wildman–Crippen MR) is 88.9 cm³/mol. The highest BCUT2D eigenvalue weighted by Gasteiger charge is 2.47. The van der Waals surface area contributed by atoms with Gasteiger partial charge in [0.25, 0.3) is 5.91 Å². The van der Waals surface area contributed by atoms with Crippen molar-refractivity contribution in [3.8, 4) is 11.3 Å². The largest absolute Gasteiger partial charge is 0.439 e. The second-order valence-corrected chi connectivity index (χ2v) is 6.67. The van der Waals surface area contributed by atoms with Crippen LogP contribution in [0.25, 0.3) is 11.3 Å². The molecule has 3 heterocycles. The first-order chi connectivity index (χ1) is 12.1. The van der Waals surface area contributed by atoms with E-state index in [1.807, 2.05) is 30.3 Å². The van der Waals surface area contributed by atoms with Crippen molar-refractivity contribution in [2.45, 2.75) is 18.4 Å². The van der Waals surface area contributed by atoms with Gasteiger partial charge >= 0.3 is 6.09 Å². The van der Waals surface area contributed by atoms with Gasteiger partial charge in [-0.1, -0.05) is 35.5 Å². The molecule has 130 valence electrons. The quantitative estimate of drug-likeness (QED) is 0.838. The number of benzene rings is 1. The molecule has 0 unspecified atom stereocenters. The SMILES string of the molecule is CN1C[C@@]2(CCCN(C(=O)c3cnoc3-c3ccccc3)C2)OC1=O. The van der Waals surface area contributed by atoms with Crippen molar-refractivity contribution in [3.05, 3.63) is 42.1 Å². The molecule has 0 radical (unpaired) electrons. The van der Waals surface area contributed by atoms with Crippen molar-refractivity contribution in [1.82, 2.24) is 15.0 Å². The minimum Gasteiger partial charge on any atom is -0.439 e. The van der Waals surface area contributed by atoms with Crippen LogP contribution < -0.4 is 0 Å². The fourth-order valence-electron chi connectivity index (χ4n) is 3.64. The number of carbonyl (C=O) groups is 2. The number of ether oxygens (including phenoxy) is 1. The maximum atomic E-state index is 13.0. The highest BCUT2D eigenvalue weighted by Crippen LogP contribution is 2.33. The summed E-state index contributed by atoms with van der Waals surface area (Å²) in [5.41, 5.74) is 0.632. The summed E-state index contributed by atoms with van der Waals surface area (Å²) in [5, 5.41) is 3.81. The first-order valence-electron chi connectivity index (χ1n) is 8.31. The van der Waals surface area contributed by atoms with E-state index in [9.17, 15) is 9.59 Å². The van der Waals surface area contributed by atoms with Crippen LogP contribution in [0.1, 0.15) is 23.2 Å². The number of rotatable bonds is 2. The predicted octanol–water partition coefficient (Wildman–Crippen LogP) is 2.40. The maximum absolute atomic E-state index is 13.0. The zero-order valence-corrected chi connectivity index (χ0v) is 14.0. The van der Waals surface area contributed by atoms with E-state index in [2.05, 4.69) is 5.16 Å². The number of amides is 2. The number of hydrogen-bond acceptors (Lipinski definition) is 5. The van der Waals surface area contributed by atoms with Crippen LogP contribution in [0.4, 0.5) is 4.79 Å². The molecular formula is C18H19N3O4. The van der Waals surface area contributed by atoms with E-state index in [1.165, 1.54) is 6.20 Å². The molecule has 2 saturated heterocycles. The number of nitrogens with zero attached hydrogens (tertiary/aromatic N) is 3. The van der Waals surface area contributed by atoms with Crippen molar-refractivity contribution in [2.75, 3.05) is 26.7 Å². The first-order valence-corrected chi connectivity index (χ1v) is 8.31. The lowest BCUT2D eigenvalue weighted by Gasteiger charge is -2.38. The standard InChI is InChI=1S/C18H19N3O4/c1-20-11-18(24-17(20)23)8-5-9-21(12-18)16(22)14-10-19-25-15(14)13-6-3-2-4-7-13/h2-4,6-7,10H,5,8-9,11-12H2,1H3/t18-/m1/s1. The Bertz CT molecular complexity index is 804. The van der Waals surface area contributed by atoms with Gasteiger partial charge in [0.05, 0.1) is 19.3 Å². The Labute approximate surface area is 145 Å².